The number of nitrogens with zero attached hydrogens (tertiary/aromatic N) is 4. The van der Waals surface area contributed by atoms with Crippen LogP contribution in [0.15, 0.2) is 53.4 Å². The van der Waals surface area contributed by atoms with Crippen LogP contribution in [-0.2, 0) is 11.3 Å². The van der Waals surface area contributed by atoms with Gasteiger partial charge in [-0.1, -0.05) is 6.07 Å². The number of hydrogen-bond donors (Lipinski definition) is 2. The summed E-state index contributed by atoms with van der Waals surface area (Å²) in [6, 6.07) is 9.00. The van der Waals surface area contributed by atoms with Crippen LogP contribution in [0.25, 0.3) is 17.1 Å². The van der Waals surface area contributed by atoms with Gasteiger partial charge in [0.1, 0.15) is 17.9 Å². The van der Waals surface area contributed by atoms with Gasteiger partial charge in [-0.3, -0.25) is 4.79 Å². The van der Waals surface area contributed by atoms with Crippen LogP contribution in [0.3, 0.4) is 0 Å². The number of rotatable bonds is 5. The molecule has 0 saturated heterocycles. The van der Waals surface area contributed by atoms with Crippen LogP contribution in [-0.4, -0.2) is 38.4 Å². The Balaban J connectivity index is 1.72. The molecule has 3 N–H and O–H groups in total. The Morgan fingerprint density at radius 3 is 2.93 bits per heavy atom. The number of halogens is 1. The fourth-order valence-corrected chi connectivity index (χ4v) is 3.09. The van der Waals surface area contributed by atoms with Gasteiger partial charge in [-0.25, -0.2) is 23.4 Å². The van der Waals surface area contributed by atoms with Gasteiger partial charge in [0.15, 0.2) is 6.61 Å². The second-order valence-corrected chi connectivity index (χ2v) is 6.80. The molecule has 4 rings (SSSR count). The monoisotopic (exact) mass is 410 g/mol. The molecule has 0 spiro atoms. The number of nitrogens with one attached hydrogen (secondary N) is 1. The SMILES string of the molecule is Cc1ccc(-c2ccc3c(c2)NC(=O)CO3)nc1-n1cnn(C/C(=C/F)CN)c1=O. The Morgan fingerprint density at radius 2 is 2.17 bits per heavy atom. The minimum Gasteiger partial charge on any atom is -0.482 e. The van der Waals surface area contributed by atoms with Crippen molar-refractivity contribution in [2.24, 2.45) is 5.73 Å². The number of carbonyl (C=O) groups is 1. The molecule has 1 aromatic carbocycles. The van der Waals surface area contributed by atoms with Crippen LogP contribution in [0.2, 0.25) is 0 Å². The molecule has 0 unspecified atom stereocenters. The van der Waals surface area contributed by atoms with Crippen LogP contribution in [0.5, 0.6) is 5.75 Å². The van der Waals surface area contributed by atoms with Crippen LogP contribution in [0.1, 0.15) is 5.56 Å². The number of aromatic nitrogens is 4. The molecule has 0 saturated carbocycles. The Morgan fingerprint density at radius 1 is 1.33 bits per heavy atom. The minimum absolute atomic E-state index is 0.0128. The zero-order chi connectivity index (χ0) is 21.3. The van der Waals surface area contributed by atoms with Crippen molar-refractivity contribution in [3.63, 3.8) is 0 Å². The number of carbonyl (C=O) groups excluding carboxylic acids is 1. The molecule has 0 aliphatic carbocycles. The molecule has 30 heavy (non-hydrogen) atoms. The minimum atomic E-state index is -0.457. The molecule has 0 bridgehead atoms. The number of fused-ring (bicyclic) bond motifs is 1. The fraction of sp³-hybridized carbons (Fsp3) is 0.200. The predicted octanol–water partition coefficient (Wildman–Crippen LogP) is 1.55. The number of anilines is 1. The van der Waals surface area contributed by atoms with Gasteiger partial charge in [-0.2, -0.15) is 5.10 Å². The molecule has 1 aliphatic heterocycles. The first-order valence-electron chi connectivity index (χ1n) is 9.18. The molecule has 0 radical (unpaired) electrons. The summed E-state index contributed by atoms with van der Waals surface area (Å²) in [6.07, 6.45) is 1.73. The number of hydrogen-bond acceptors (Lipinski definition) is 6. The lowest BCUT2D eigenvalue weighted by Gasteiger charge is -2.18. The normalized spacial score (nSPS) is 13.6. The highest BCUT2D eigenvalue weighted by Crippen LogP contribution is 2.32. The van der Waals surface area contributed by atoms with E-state index >= 15 is 0 Å². The summed E-state index contributed by atoms with van der Waals surface area (Å²) in [7, 11) is 0. The molecule has 9 nitrogen and oxygen atoms in total. The van der Waals surface area contributed by atoms with Gasteiger partial charge in [0.05, 0.1) is 24.3 Å². The van der Waals surface area contributed by atoms with Crippen molar-refractivity contribution >= 4 is 11.6 Å². The number of nitrogens with two attached hydrogens (primary N) is 1. The lowest BCUT2D eigenvalue weighted by atomic mass is 10.1. The van der Waals surface area contributed by atoms with Crippen LogP contribution < -0.4 is 21.5 Å². The van der Waals surface area contributed by atoms with Gasteiger partial charge in [0, 0.05) is 12.1 Å². The summed E-state index contributed by atoms with van der Waals surface area (Å²) in [6.45, 7) is 1.75. The third-order valence-corrected chi connectivity index (χ3v) is 4.71. The number of pyridine rings is 1. The molecule has 2 aromatic heterocycles. The van der Waals surface area contributed by atoms with Crippen molar-refractivity contribution in [1.29, 1.82) is 0 Å². The molecule has 10 heteroatoms. The summed E-state index contributed by atoms with van der Waals surface area (Å²) in [4.78, 5) is 28.9. The number of benzene rings is 1. The van der Waals surface area contributed by atoms with Crippen molar-refractivity contribution < 1.29 is 13.9 Å². The molecule has 154 valence electrons. The largest absolute Gasteiger partial charge is 0.482 e. The van der Waals surface area contributed by atoms with Crippen LogP contribution >= 0.6 is 0 Å². The summed E-state index contributed by atoms with van der Waals surface area (Å²) in [5.41, 5.74) is 7.91. The van der Waals surface area contributed by atoms with E-state index in [9.17, 15) is 14.0 Å². The van der Waals surface area contributed by atoms with Crippen LogP contribution in [0, 0.1) is 6.92 Å². The Labute approximate surface area is 170 Å². The highest BCUT2D eigenvalue weighted by atomic mass is 19.1. The van der Waals surface area contributed by atoms with Gasteiger partial charge in [-0.15, -0.1) is 0 Å². The molecule has 3 aromatic rings. The van der Waals surface area contributed by atoms with Crippen molar-refractivity contribution in [3.05, 3.63) is 64.6 Å². The topological polar surface area (TPSA) is 117 Å². The highest BCUT2D eigenvalue weighted by molar-refractivity contribution is 5.96. The molecule has 3 heterocycles. The van der Waals surface area contributed by atoms with E-state index in [-0.39, 0.29) is 31.2 Å². The first-order chi connectivity index (χ1) is 14.5. The van der Waals surface area contributed by atoms with Crippen molar-refractivity contribution in [2.45, 2.75) is 13.5 Å². The van der Waals surface area contributed by atoms with Crippen molar-refractivity contribution in [2.75, 3.05) is 18.5 Å². The molecular formula is C20H19FN6O3. The van der Waals surface area contributed by atoms with E-state index in [4.69, 9.17) is 10.5 Å². The Hall–Kier alpha value is -3.79. The van der Waals surface area contributed by atoms with Gasteiger partial charge in [-0.05, 0) is 42.3 Å². The first-order valence-corrected chi connectivity index (χ1v) is 9.18. The van der Waals surface area contributed by atoms with Gasteiger partial charge in [0.2, 0.25) is 0 Å². The fourth-order valence-electron chi connectivity index (χ4n) is 3.09. The molecule has 0 atom stereocenters. The van der Waals surface area contributed by atoms with E-state index in [0.29, 0.717) is 29.3 Å². The smallest absolute Gasteiger partial charge is 0.351 e. The van der Waals surface area contributed by atoms with Crippen LogP contribution in [0.4, 0.5) is 10.1 Å². The molecule has 1 aliphatic rings. The average molecular weight is 410 g/mol. The Bertz CT molecular complexity index is 1210. The zero-order valence-electron chi connectivity index (χ0n) is 16.1. The summed E-state index contributed by atoms with van der Waals surface area (Å²) >= 11 is 0. The third-order valence-electron chi connectivity index (χ3n) is 4.71. The lowest BCUT2D eigenvalue weighted by molar-refractivity contribution is -0.118. The zero-order valence-corrected chi connectivity index (χ0v) is 16.1. The van der Waals surface area contributed by atoms with Crippen molar-refractivity contribution in [3.8, 4) is 22.8 Å². The number of amides is 1. The maximum absolute atomic E-state index is 12.8. The molecular weight excluding hydrogens is 391 g/mol. The maximum Gasteiger partial charge on any atom is 0.351 e. The first kappa shape index (κ1) is 19.5. The van der Waals surface area contributed by atoms with E-state index < -0.39 is 5.69 Å². The standard InChI is InChI=1S/C20H19FN6O3/c1-12-2-4-15(14-3-5-17-16(6-14)24-18(28)10-30-17)25-19(12)26-11-23-27(20(26)29)9-13(7-21)8-22/h2-7,11H,8-10,22H2,1H3,(H,24,28)/b13-7+. The van der Waals surface area contributed by atoms with Crippen molar-refractivity contribution in [1.82, 2.24) is 19.3 Å². The van der Waals surface area contributed by atoms with Gasteiger partial charge >= 0.3 is 5.69 Å². The lowest BCUT2D eigenvalue weighted by Crippen LogP contribution is -2.26. The number of ether oxygens (including phenoxy) is 1. The van der Waals surface area contributed by atoms with E-state index in [1.165, 1.54) is 10.9 Å². The van der Waals surface area contributed by atoms with E-state index in [2.05, 4.69) is 15.4 Å². The van der Waals surface area contributed by atoms with Gasteiger partial charge < -0.3 is 15.8 Å². The maximum atomic E-state index is 12.8. The van der Waals surface area contributed by atoms with E-state index in [1.807, 2.05) is 25.1 Å². The predicted molar refractivity (Wildman–Crippen MR) is 108 cm³/mol. The molecule has 0 fully saturated rings. The summed E-state index contributed by atoms with van der Waals surface area (Å²) in [5.74, 6) is 0.760. The second-order valence-electron chi connectivity index (χ2n) is 6.80. The second kappa shape index (κ2) is 7.91. The quantitative estimate of drug-likeness (QED) is 0.659. The summed E-state index contributed by atoms with van der Waals surface area (Å²) < 4.78 is 20.6. The molecule has 1 amide bonds. The summed E-state index contributed by atoms with van der Waals surface area (Å²) in [5, 5.41) is 6.80. The van der Waals surface area contributed by atoms with E-state index in [0.717, 1.165) is 15.8 Å². The average Bonchev–Trinajstić information content (AvgIpc) is 3.11. The van der Waals surface area contributed by atoms with Gasteiger partial charge in [0.25, 0.3) is 5.91 Å². The highest BCUT2D eigenvalue weighted by Gasteiger charge is 2.18. The third kappa shape index (κ3) is 3.60. The van der Waals surface area contributed by atoms with E-state index in [1.54, 1.807) is 12.1 Å². The Kier molecular flexibility index (Phi) is 5.15. The number of aryl methyl sites for hydroxylation is 1.